The highest BCUT2D eigenvalue weighted by Gasteiger charge is 2.41. The van der Waals surface area contributed by atoms with Crippen LogP contribution < -0.4 is 0 Å². The van der Waals surface area contributed by atoms with Crippen LogP contribution in [0.2, 0.25) is 0 Å². The van der Waals surface area contributed by atoms with Gasteiger partial charge in [-0.25, -0.2) is 0 Å². The molecule has 2 aliphatic rings. The van der Waals surface area contributed by atoms with Crippen molar-refractivity contribution < 1.29 is 18.9 Å². The summed E-state index contributed by atoms with van der Waals surface area (Å²) in [6.45, 7) is 7.39. The molecule has 0 aromatic heterocycles. The summed E-state index contributed by atoms with van der Waals surface area (Å²) in [4.78, 5) is 0. The maximum absolute atomic E-state index is 6.15. The lowest BCUT2D eigenvalue weighted by molar-refractivity contribution is -0.302. The van der Waals surface area contributed by atoms with Crippen molar-refractivity contribution in [1.29, 1.82) is 0 Å². The topological polar surface area (TPSA) is 36.9 Å². The van der Waals surface area contributed by atoms with Gasteiger partial charge in [0.25, 0.3) is 0 Å². The van der Waals surface area contributed by atoms with E-state index in [-0.39, 0.29) is 18.0 Å². The van der Waals surface area contributed by atoms with Crippen LogP contribution >= 0.6 is 23.5 Å². The van der Waals surface area contributed by atoms with E-state index in [0.29, 0.717) is 26.4 Å². The summed E-state index contributed by atoms with van der Waals surface area (Å²) in [6.07, 6.45) is 47.8. The summed E-state index contributed by atoms with van der Waals surface area (Å²) in [5.41, 5.74) is -0.117. The van der Waals surface area contributed by atoms with Gasteiger partial charge >= 0.3 is 0 Å². The first-order valence-corrected chi connectivity index (χ1v) is 26.2. The Morgan fingerprint density at radius 1 is 0.321 bits per heavy atom. The van der Waals surface area contributed by atoms with Crippen LogP contribution in [0.3, 0.4) is 0 Å². The first-order chi connectivity index (χ1) is 26.3. The van der Waals surface area contributed by atoms with Gasteiger partial charge in [-0.3, -0.25) is 0 Å². The van der Waals surface area contributed by atoms with Crippen LogP contribution in [0, 0.1) is 5.41 Å². The number of ether oxygens (including phenoxy) is 4. The fourth-order valence-electron chi connectivity index (χ4n) is 7.83. The van der Waals surface area contributed by atoms with Gasteiger partial charge < -0.3 is 18.9 Å². The minimum absolute atomic E-state index is 0.0578. The summed E-state index contributed by atoms with van der Waals surface area (Å²) < 4.78 is 24.6. The Bertz CT molecular complexity index is 660. The standard InChI is InChI=1S/C47H92O4S2/c1-3-5-7-9-11-13-15-17-19-21-23-25-27-29-31-33-37-52-39-35-45-48-41-47(42-49-45)43-50-46(51-44-47)36-40-53-38-34-32-30-28-26-24-22-20-18-16-14-12-10-8-6-4-2/h45-46H,3-44H2,1-2H3. The molecule has 4 nitrogen and oxygen atoms in total. The Hall–Kier alpha value is 0.540. The second-order valence-electron chi connectivity index (χ2n) is 17.0. The lowest BCUT2D eigenvalue weighted by Gasteiger charge is -2.43. The molecule has 0 saturated carbocycles. The van der Waals surface area contributed by atoms with E-state index < -0.39 is 0 Å². The summed E-state index contributed by atoms with van der Waals surface area (Å²) in [5, 5.41) is 0. The van der Waals surface area contributed by atoms with Crippen LogP contribution in [0.1, 0.15) is 232 Å². The van der Waals surface area contributed by atoms with Gasteiger partial charge in [0.1, 0.15) is 0 Å². The molecule has 0 radical (unpaired) electrons. The number of thioether (sulfide) groups is 2. The molecular weight excluding hydrogens is 693 g/mol. The highest BCUT2D eigenvalue weighted by Crippen LogP contribution is 2.32. The molecule has 0 atom stereocenters. The van der Waals surface area contributed by atoms with Gasteiger partial charge in [-0.1, -0.05) is 206 Å². The second kappa shape index (κ2) is 38.1. The van der Waals surface area contributed by atoms with E-state index in [1.165, 1.54) is 217 Å². The molecule has 0 unspecified atom stereocenters. The molecule has 0 amide bonds. The van der Waals surface area contributed by atoms with Crippen LogP contribution in [0.5, 0.6) is 0 Å². The predicted octanol–water partition coefficient (Wildman–Crippen LogP) is 15.5. The Morgan fingerprint density at radius 2 is 0.547 bits per heavy atom. The molecule has 316 valence electrons. The average Bonchev–Trinajstić information content (AvgIpc) is 3.18. The first kappa shape index (κ1) is 49.7. The van der Waals surface area contributed by atoms with Gasteiger partial charge in [0.2, 0.25) is 0 Å². The Balaban J connectivity index is 1.26. The molecule has 0 bridgehead atoms. The van der Waals surface area contributed by atoms with E-state index in [1.54, 1.807) is 0 Å². The largest absolute Gasteiger partial charge is 0.352 e. The average molecular weight is 785 g/mol. The van der Waals surface area contributed by atoms with Gasteiger partial charge in [-0.2, -0.15) is 23.5 Å². The third kappa shape index (κ3) is 30.3. The molecule has 0 aliphatic carbocycles. The highest BCUT2D eigenvalue weighted by atomic mass is 32.2. The Kier molecular flexibility index (Phi) is 35.7. The van der Waals surface area contributed by atoms with Crippen LogP contribution in [0.15, 0.2) is 0 Å². The lowest BCUT2D eigenvalue weighted by atomic mass is 9.90. The predicted molar refractivity (Wildman–Crippen MR) is 237 cm³/mol. The normalized spacial score (nSPS) is 20.5. The van der Waals surface area contributed by atoms with Gasteiger partial charge in [0, 0.05) is 12.8 Å². The van der Waals surface area contributed by atoms with Gasteiger partial charge in [-0.15, -0.1) is 0 Å². The summed E-state index contributed by atoms with van der Waals surface area (Å²) in [6, 6.07) is 0. The van der Waals surface area contributed by atoms with E-state index >= 15 is 0 Å². The van der Waals surface area contributed by atoms with Crippen molar-refractivity contribution in [2.45, 2.75) is 245 Å². The maximum atomic E-state index is 6.15. The maximum Gasteiger partial charge on any atom is 0.158 e. The molecule has 2 fully saturated rings. The summed E-state index contributed by atoms with van der Waals surface area (Å²) in [7, 11) is 0. The van der Waals surface area contributed by atoms with Gasteiger partial charge in [0.05, 0.1) is 31.8 Å². The third-order valence-corrected chi connectivity index (χ3v) is 13.8. The third-order valence-electron chi connectivity index (χ3n) is 11.6. The molecule has 0 N–H and O–H groups in total. The van der Waals surface area contributed by atoms with Crippen LogP contribution in [0.25, 0.3) is 0 Å². The zero-order valence-electron chi connectivity index (χ0n) is 35.8. The molecule has 6 heteroatoms. The van der Waals surface area contributed by atoms with Gasteiger partial charge in [0.15, 0.2) is 12.6 Å². The fourth-order valence-corrected chi connectivity index (χ4v) is 9.77. The highest BCUT2D eigenvalue weighted by molar-refractivity contribution is 7.99. The van der Waals surface area contributed by atoms with E-state index in [2.05, 4.69) is 37.4 Å². The smallest absolute Gasteiger partial charge is 0.158 e. The number of hydrogen-bond acceptors (Lipinski definition) is 6. The fraction of sp³-hybridized carbons (Fsp3) is 1.00. The van der Waals surface area contributed by atoms with E-state index in [4.69, 9.17) is 18.9 Å². The quantitative estimate of drug-likeness (QED) is 0.0576. The van der Waals surface area contributed by atoms with E-state index in [9.17, 15) is 0 Å². The molecule has 1 spiro atoms. The zero-order valence-corrected chi connectivity index (χ0v) is 37.4. The van der Waals surface area contributed by atoms with Crippen molar-refractivity contribution in [3.8, 4) is 0 Å². The molecule has 2 saturated heterocycles. The number of rotatable bonds is 40. The Morgan fingerprint density at radius 3 is 0.792 bits per heavy atom. The molecule has 0 aromatic rings. The number of unbranched alkanes of at least 4 members (excludes halogenated alkanes) is 30. The Labute approximate surface area is 340 Å². The monoisotopic (exact) mass is 785 g/mol. The van der Waals surface area contributed by atoms with Crippen molar-refractivity contribution >= 4 is 23.5 Å². The van der Waals surface area contributed by atoms with Crippen molar-refractivity contribution in [3.63, 3.8) is 0 Å². The van der Waals surface area contributed by atoms with Crippen LogP contribution in [-0.4, -0.2) is 62.0 Å². The minimum atomic E-state index is -0.117. The van der Waals surface area contributed by atoms with E-state index in [0.717, 1.165) is 24.3 Å². The molecule has 2 aliphatic heterocycles. The molecular formula is C47H92O4S2. The summed E-state index contributed by atoms with van der Waals surface area (Å²) in [5.74, 6) is 4.80. The SMILES string of the molecule is CCCCCCCCCCCCCCCCCCSCCC1OCC2(CO1)COC(CCSCCCCCCCCCCCCCCCCCC)OC2. The first-order valence-electron chi connectivity index (χ1n) is 23.9. The molecule has 0 aromatic carbocycles. The lowest BCUT2D eigenvalue weighted by Crippen LogP contribution is -2.52. The molecule has 2 heterocycles. The second-order valence-corrected chi connectivity index (χ2v) is 19.5. The van der Waals surface area contributed by atoms with Gasteiger partial charge in [-0.05, 0) is 35.9 Å². The van der Waals surface area contributed by atoms with Crippen LogP contribution in [-0.2, 0) is 18.9 Å². The van der Waals surface area contributed by atoms with Crippen LogP contribution in [0.4, 0.5) is 0 Å². The van der Waals surface area contributed by atoms with Crippen molar-refractivity contribution in [2.24, 2.45) is 5.41 Å². The van der Waals surface area contributed by atoms with Crippen molar-refractivity contribution in [2.75, 3.05) is 49.4 Å². The van der Waals surface area contributed by atoms with Crippen molar-refractivity contribution in [3.05, 3.63) is 0 Å². The number of hydrogen-bond donors (Lipinski definition) is 0. The minimum Gasteiger partial charge on any atom is -0.352 e. The molecule has 53 heavy (non-hydrogen) atoms. The van der Waals surface area contributed by atoms with E-state index in [1.807, 2.05) is 0 Å². The summed E-state index contributed by atoms with van der Waals surface area (Å²) >= 11 is 4.14. The zero-order chi connectivity index (χ0) is 37.6. The van der Waals surface area contributed by atoms with Crippen molar-refractivity contribution in [1.82, 2.24) is 0 Å². The molecule has 2 rings (SSSR count).